The Bertz CT molecular complexity index is 1060. The molecule has 1 saturated heterocycles. The van der Waals surface area contributed by atoms with Crippen molar-refractivity contribution in [3.8, 4) is 11.5 Å². The first-order valence-electron chi connectivity index (χ1n) is 10.5. The summed E-state index contributed by atoms with van der Waals surface area (Å²) in [7, 11) is 3.92. The standard InChI is InChI=1S/C24H25BrN2O5/c1-26(2)10-3-11-27-21(15-4-7-17(25)8-5-15)20(23(29)24(27)30)22(28)16-6-9-18-19(14-16)32-13-12-31-18/h4-9,14,21,28H,3,10-13H2,1-2H3/b22-20+/t21-/m0/s1. The van der Waals surface area contributed by atoms with E-state index in [1.54, 1.807) is 23.1 Å². The van der Waals surface area contributed by atoms with Crippen LogP contribution < -0.4 is 9.47 Å². The van der Waals surface area contributed by atoms with E-state index in [2.05, 4.69) is 15.9 Å². The molecule has 2 aromatic carbocycles. The lowest BCUT2D eigenvalue weighted by Crippen LogP contribution is -2.32. The van der Waals surface area contributed by atoms with Gasteiger partial charge < -0.3 is 24.4 Å². The van der Waals surface area contributed by atoms with Gasteiger partial charge >= 0.3 is 0 Å². The highest BCUT2D eigenvalue weighted by Crippen LogP contribution is 2.41. The predicted molar refractivity (Wildman–Crippen MR) is 124 cm³/mol. The van der Waals surface area contributed by atoms with E-state index in [0.29, 0.717) is 43.2 Å². The fourth-order valence-corrected chi connectivity index (χ4v) is 4.27. The Labute approximate surface area is 195 Å². The maximum Gasteiger partial charge on any atom is 0.295 e. The maximum atomic E-state index is 13.1. The highest BCUT2D eigenvalue weighted by molar-refractivity contribution is 9.10. The molecule has 168 valence electrons. The Hall–Kier alpha value is -2.84. The zero-order valence-electron chi connectivity index (χ0n) is 18.0. The second kappa shape index (κ2) is 9.34. The minimum atomic E-state index is -0.685. The van der Waals surface area contributed by atoms with Crippen molar-refractivity contribution < 1.29 is 24.2 Å². The largest absolute Gasteiger partial charge is 0.507 e. The van der Waals surface area contributed by atoms with Crippen LogP contribution in [0.2, 0.25) is 0 Å². The van der Waals surface area contributed by atoms with Gasteiger partial charge in [-0.25, -0.2) is 0 Å². The number of aliphatic hydroxyl groups excluding tert-OH is 1. The first-order valence-corrected chi connectivity index (χ1v) is 11.2. The van der Waals surface area contributed by atoms with Crippen LogP contribution >= 0.6 is 15.9 Å². The number of amides is 1. The molecule has 0 bridgehead atoms. The van der Waals surface area contributed by atoms with Crippen LogP contribution in [-0.4, -0.2) is 67.0 Å². The molecule has 0 aliphatic carbocycles. The highest BCUT2D eigenvalue weighted by atomic mass is 79.9. The molecule has 0 aromatic heterocycles. The first kappa shape index (κ1) is 22.4. The van der Waals surface area contributed by atoms with Crippen molar-refractivity contribution in [3.05, 3.63) is 63.6 Å². The fourth-order valence-electron chi connectivity index (χ4n) is 4.01. The number of ketones is 1. The number of carbonyl (C=O) groups excluding carboxylic acids is 2. The summed E-state index contributed by atoms with van der Waals surface area (Å²) < 4.78 is 12.0. The average Bonchev–Trinajstić information content (AvgIpc) is 3.03. The third kappa shape index (κ3) is 4.38. The van der Waals surface area contributed by atoms with Crippen molar-refractivity contribution in [1.82, 2.24) is 9.80 Å². The van der Waals surface area contributed by atoms with E-state index in [0.717, 1.165) is 16.6 Å². The third-order valence-electron chi connectivity index (χ3n) is 5.55. The van der Waals surface area contributed by atoms with Crippen molar-refractivity contribution >= 4 is 33.4 Å². The molecule has 0 spiro atoms. The van der Waals surface area contributed by atoms with Crippen molar-refractivity contribution in [3.63, 3.8) is 0 Å². The number of hydrogen-bond acceptors (Lipinski definition) is 6. The monoisotopic (exact) mass is 500 g/mol. The SMILES string of the molecule is CN(C)CCCN1C(=O)C(=O)/C(=C(/O)c2ccc3c(c2)OCCO3)[C@@H]1c1ccc(Br)cc1. The van der Waals surface area contributed by atoms with E-state index in [-0.39, 0.29) is 11.3 Å². The Morgan fingerprint density at radius 1 is 1.09 bits per heavy atom. The summed E-state index contributed by atoms with van der Waals surface area (Å²) in [5.41, 5.74) is 1.25. The van der Waals surface area contributed by atoms with Gasteiger partial charge in [-0.3, -0.25) is 9.59 Å². The topological polar surface area (TPSA) is 79.3 Å². The third-order valence-corrected chi connectivity index (χ3v) is 6.07. The van der Waals surface area contributed by atoms with Crippen molar-refractivity contribution in [2.45, 2.75) is 12.5 Å². The van der Waals surface area contributed by atoms with E-state index in [1.165, 1.54) is 0 Å². The normalized spacial score (nSPS) is 19.6. The zero-order chi connectivity index (χ0) is 22.8. The summed E-state index contributed by atoms with van der Waals surface area (Å²) in [6.45, 7) is 2.05. The highest BCUT2D eigenvalue weighted by Gasteiger charge is 2.45. The zero-order valence-corrected chi connectivity index (χ0v) is 19.6. The van der Waals surface area contributed by atoms with Crippen LogP contribution in [0.15, 0.2) is 52.5 Å². The Balaban J connectivity index is 1.77. The summed E-state index contributed by atoms with van der Waals surface area (Å²) in [6, 6.07) is 11.8. The fraction of sp³-hybridized carbons (Fsp3) is 0.333. The average molecular weight is 501 g/mol. The molecule has 1 N–H and O–H groups in total. The van der Waals surface area contributed by atoms with Gasteiger partial charge in [-0.15, -0.1) is 0 Å². The van der Waals surface area contributed by atoms with Crippen LogP contribution in [0.5, 0.6) is 11.5 Å². The van der Waals surface area contributed by atoms with Crippen molar-refractivity contribution in [1.29, 1.82) is 0 Å². The molecule has 2 aliphatic rings. The number of halogens is 1. The lowest BCUT2D eigenvalue weighted by atomic mass is 9.95. The second-order valence-electron chi connectivity index (χ2n) is 8.06. The van der Waals surface area contributed by atoms with Gasteiger partial charge in [0, 0.05) is 16.6 Å². The molecule has 32 heavy (non-hydrogen) atoms. The van der Waals surface area contributed by atoms with Gasteiger partial charge in [0.15, 0.2) is 11.5 Å². The quantitative estimate of drug-likeness (QED) is 0.370. The Kier molecular flexibility index (Phi) is 6.53. The van der Waals surface area contributed by atoms with E-state index in [1.807, 2.05) is 43.3 Å². The second-order valence-corrected chi connectivity index (χ2v) is 8.97. The Morgan fingerprint density at radius 2 is 1.78 bits per heavy atom. The summed E-state index contributed by atoms with van der Waals surface area (Å²) in [5.74, 6) is -0.420. The molecule has 0 unspecified atom stereocenters. The predicted octanol–water partition coefficient (Wildman–Crippen LogP) is 3.59. The number of aliphatic hydroxyl groups is 1. The lowest BCUT2D eigenvalue weighted by Gasteiger charge is -2.26. The molecular weight excluding hydrogens is 476 g/mol. The minimum absolute atomic E-state index is 0.0823. The number of carbonyl (C=O) groups is 2. The first-order chi connectivity index (χ1) is 15.4. The van der Waals surface area contributed by atoms with Gasteiger partial charge in [0.25, 0.3) is 11.7 Å². The summed E-state index contributed by atoms with van der Waals surface area (Å²) in [6.07, 6.45) is 0.705. The smallest absolute Gasteiger partial charge is 0.295 e. The van der Waals surface area contributed by atoms with Crippen LogP contribution in [0.3, 0.4) is 0 Å². The number of hydrogen-bond donors (Lipinski definition) is 1. The number of rotatable bonds is 6. The molecule has 0 radical (unpaired) electrons. The summed E-state index contributed by atoms with van der Waals surface area (Å²) in [4.78, 5) is 29.6. The molecule has 1 fully saturated rings. The molecule has 1 amide bonds. The molecule has 0 saturated carbocycles. The summed E-state index contributed by atoms with van der Waals surface area (Å²) in [5, 5.41) is 11.2. The molecular formula is C24H25BrN2O5. The van der Waals surface area contributed by atoms with Crippen LogP contribution in [0.1, 0.15) is 23.6 Å². The van der Waals surface area contributed by atoms with Gasteiger partial charge in [0.1, 0.15) is 19.0 Å². The number of nitrogens with zero attached hydrogens (tertiary/aromatic N) is 2. The van der Waals surface area contributed by atoms with Crippen molar-refractivity contribution in [2.24, 2.45) is 0 Å². The number of Topliss-reactive ketones (excluding diaryl/α,β-unsaturated/α-hetero) is 1. The van der Waals surface area contributed by atoms with Crippen LogP contribution in [0, 0.1) is 0 Å². The Morgan fingerprint density at radius 3 is 2.47 bits per heavy atom. The lowest BCUT2D eigenvalue weighted by molar-refractivity contribution is -0.139. The molecule has 4 rings (SSSR count). The molecule has 2 aromatic rings. The van der Waals surface area contributed by atoms with E-state index < -0.39 is 17.7 Å². The van der Waals surface area contributed by atoms with E-state index >= 15 is 0 Å². The summed E-state index contributed by atoms with van der Waals surface area (Å²) >= 11 is 3.43. The molecule has 8 heteroatoms. The molecule has 2 heterocycles. The maximum absolute atomic E-state index is 13.1. The van der Waals surface area contributed by atoms with Gasteiger partial charge in [-0.1, -0.05) is 28.1 Å². The van der Waals surface area contributed by atoms with Crippen LogP contribution in [-0.2, 0) is 9.59 Å². The number of ether oxygens (including phenoxy) is 2. The van der Waals surface area contributed by atoms with E-state index in [4.69, 9.17) is 9.47 Å². The minimum Gasteiger partial charge on any atom is -0.507 e. The van der Waals surface area contributed by atoms with Crippen LogP contribution in [0.25, 0.3) is 5.76 Å². The molecule has 1 atom stereocenters. The number of benzene rings is 2. The number of likely N-dealkylation sites (tertiary alicyclic amines) is 1. The van der Waals surface area contributed by atoms with Crippen LogP contribution in [0.4, 0.5) is 0 Å². The number of fused-ring (bicyclic) bond motifs is 1. The molecule has 7 nitrogen and oxygen atoms in total. The van der Waals surface area contributed by atoms with Gasteiger partial charge in [0.2, 0.25) is 0 Å². The van der Waals surface area contributed by atoms with Gasteiger partial charge in [-0.2, -0.15) is 0 Å². The van der Waals surface area contributed by atoms with Gasteiger partial charge in [0.05, 0.1) is 11.6 Å². The van der Waals surface area contributed by atoms with Crippen molar-refractivity contribution in [2.75, 3.05) is 40.4 Å². The molecule has 2 aliphatic heterocycles. The van der Waals surface area contributed by atoms with E-state index in [9.17, 15) is 14.7 Å². The van der Waals surface area contributed by atoms with Gasteiger partial charge in [-0.05, 0) is 63.0 Å².